The largest absolute Gasteiger partial charge is 0.287 e. The molecule has 0 radical (unpaired) electrons. The Kier molecular flexibility index (Phi) is 4.92. The van der Waals surface area contributed by atoms with E-state index in [4.69, 9.17) is 4.98 Å². The molecule has 0 fully saturated rings. The smallest absolute Gasteiger partial charge is 0.263 e. The quantitative estimate of drug-likeness (QED) is 0.347. The van der Waals surface area contributed by atoms with E-state index in [0.717, 1.165) is 52.6 Å². The summed E-state index contributed by atoms with van der Waals surface area (Å²) >= 11 is 3.20. The third-order valence-corrected chi connectivity index (χ3v) is 7.26. The summed E-state index contributed by atoms with van der Waals surface area (Å²) in [5.74, 6) is 1.27. The van der Waals surface area contributed by atoms with Crippen LogP contribution in [0.3, 0.4) is 0 Å². The monoisotopic (exact) mass is 424 g/mol. The van der Waals surface area contributed by atoms with Crippen LogP contribution in [0.1, 0.15) is 36.0 Å². The number of para-hydroxylation sites is 1. The molecule has 29 heavy (non-hydrogen) atoms. The number of nitrogens with zero attached hydrogens (tertiary/aromatic N) is 6. The van der Waals surface area contributed by atoms with Crippen LogP contribution in [0.2, 0.25) is 0 Å². The SMILES string of the molecule is CCCn1c(SCc2nnnn2-c2ccccc2)nc2sc3c(c2c1=O)CCC3. The van der Waals surface area contributed by atoms with Crippen LogP contribution in [0.4, 0.5) is 0 Å². The first-order valence-electron chi connectivity index (χ1n) is 9.77. The van der Waals surface area contributed by atoms with Gasteiger partial charge in [-0.15, -0.1) is 16.4 Å². The Balaban J connectivity index is 1.51. The third-order valence-electron chi connectivity index (χ3n) is 5.10. The molecular weight excluding hydrogens is 404 g/mol. The lowest BCUT2D eigenvalue weighted by Crippen LogP contribution is -2.23. The normalized spacial score (nSPS) is 13.3. The van der Waals surface area contributed by atoms with Gasteiger partial charge in [0.05, 0.1) is 16.8 Å². The lowest BCUT2D eigenvalue weighted by Gasteiger charge is -2.11. The first-order chi connectivity index (χ1) is 14.3. The molecule has 0 atom stereocenters. The first-order valence-corrected chi connectivity index (χ1v) is 11.6. The number of thiophene rings is 1. The van der Waals surface area contributed by atoms with E-state index in [2.05, 4.69) is 22.4 Å². The highest BCUT2D eigenvalue weighted by molar-refractivity contribution is 7.98. The van der Waals surface area contributed by atoms with Crippen LogP contribution in [-0.4, -0.2) is 29.8 Å². The summed E-state index contributed by atoms with van der Waals surface area (Å²) in [4.78, 5) is 20.4. The van der Waals surface area contributed by atoms with Gasteiger partial charge in [-0.1, -0.05) is 36.9 Å². The van der Waals surface area contributed by atoms with Gasteiger partial charge >= 0.3 is 0 Å². The van der Waals surface area contributed by atoms with Crippen molar-refractivity contribution in [2.75, 3.05) is 0 Å². The number of fused-ring (bicyclic) bond motifs is 3. The van der Waals surface area contributed by atoms with E-state index >= 15 is 0 Å². The Labute approximate surface area is 175 Å². The van der Waals surface area contributed by atoms with Crippen LogP contribution >= 0.6 is 23.1 Å². The summed E-state index contributed by atoms with van der Waals surface area (Å²) in [6.45, 7) is 2.75. The van der Waals surface area contributed by atoms with E-state index in [9.17, 15) is 4.79 Å². The van der Waals surface area contributed by atoms with Crippen LogP contribution < -0.4 is 5.56 Å². The zero-order valence-corrected chi connectivity index (χ0v) is 17.7. The van der Waals surface area contributed by atoms with Gasteiger partial charge in [-0.2, -0.15) is 4.68 Å². The van der Waals surface area contributed by atoms with Crippen molar-refractivity contribution in [3.8, 4) is 5.69 Å². The average Bonchev–Trinajstić information content (AvgIpc) is 3.45. The van der Waals surface area contributed by atoms with Gasteiger partial charge in [0.2, 0.25) is 0 Å². The molecule has 0 amide bonds. The molecule has 7 nitrogen and oxygen atoms in total. The third kappa shape index (κ3) is 3.28. The maximum Gasteiger partial charge on any atom is 0.263 e. The lowest BCUT2D eigenvalue weighted by atomic mass is 10.2. The fourth-order valence-corrected chi connectivity index (χ4v) is 6.02. The molecule has 1 aliphatic rings. The predicted octanol–water partition coefficient (Wildman–Crippen LogP) is 3.62. The van der Waals surface area contributed by atoms with Gasteiger partial charge in [0.15, 0.2) is 11.0 Å². The zero-order valence-electron chi connectivity index (χ0n) is 16.0. The van der Waals surface area contributed by atoms with Gasteiger partial charge in [-0.05, 0) is 53.8 Å². The molecule has 0 aliphatic heterocycles. The molecule has 1 aromatic carbocycles. The average molecular weight is 425 g/mol. The summed E-state index contributed by atoms with van der Waals surface area (Å²) in [5, 5.41) is 13.7. The Hall–Kier alpha value is -2.52. The summed E-state index contributed by atoms with van der Waals surface area (Å²) < 4.78 is 3.56. The van der Waals surface area contributed by atoms with Crippen molar-refractivity contribution in [1.82, 2.24) is 29.8 Å². The van der Waals surface area contributed by atoms with E-state index in [1.165, 1.54) is 22.2 Å². The fourth-order valence-electron chi connectivity index (χ4n) is 3.78. The van der Waals surface area contributed by atoms with Crippen molar-refractivity contribution in [3.63, 3.8) is 0 Å². The van der Waals surface area contributed by atoms with Crippen molar-refractivity contribution in [2.45, 2.75) is 50.1 Å². The number of hydrogen-bond acceptors (Lipinski definition) is 7. The minimum Gasteiger partial charge on any atom is -0.287 e. The number of aryl methyl sites for hydroxylation is 2. The minimum atomic E-state index is 0.0985. The fraction of sp³-hybridized carbons (Fsp3) is 0.350. The molecule has 0 saturated heterocycles. The molecular formula is C20H20N6OS2. The van der Waals surface area contributed by atoms with Crippen LogP contribution in [0.5, 0.6) is 0 Å². The molecule has 5 rings (SSSR count). The van der Waals surface area contributed by atoms with Crippen molar-refractivity contribution in [1.29, 1.82) is 0 Å². The van der Waals surface area contributed by atoms with Crippen LogP contribution in [0.15, 0.2) is 40.3 Å². The van der Waals surface area contributed by atoms with E-state index in [1.54, 1.807) is 16.0 Å². The molecule has 0 N–H and O–H groups in total. The highest BCUT2D eigenvalue weighted by Crippen LogP contribution is 2.35. The lowest BCUT2D eigenvalue weighted by molar-refractivity contribution is 0.585. The van der Waals surface area contributed by atoms with Gasteiger partial charge in [0.25, 0.3) is 5.56 Å². The summed E-state index contributed by atoms with van der Waals surface area (Å²) in [5.41, 5.74) is 2.25. The maximum absolute atomic E-state index is 13.3. The number of aromatic nitrogens is 6. The zero-order chi connectivity index (χ0) is 19.8. The Morgan fingerprint density at radius 2 is 2.07 bits per heavy atom. The highest BCUT2D eigenvalue weighted by atomic mass is 32.2. The number of rotatable bonds is 6. The topological polar surface area (TPSA) is 78.5 Å². The van der Waals surface area contributed by atoms with E-state index < -0.39 is 0 Å². The van der Waals surface area contributed by atoms with Gasteiger partial charge < -0.3 is 0 Å². The second kappa shape index (κ2) is 7.72. The second-order valence-corrected chi connectivity index (χ2v) is 9.05. The van der Waals surface area contributed by atoms with Gasteiger partial charge in [0, 0.05) is 11.4 Å². The molecule has 9 heteroatoms. The highest BCUT2D eigenvalue weighted by Gasteiger charge is 2.23. The van der Waals surface area contributed by atoms with Gasteiger partial charge in [0.1, 0.15) is 4.83 Å². The number of benzene rings is 1. The minimum absolute atomic E-state index is 0.0985. The molecule has 0 spiro atoms. The van der Waals surface area contributed by atoms with Crippen LogP contribution in [0, 0.1) is 0 Å². The van der Waals surface area contributed by atoms with Crippen molar-refractivity contribution in [3.05, 3.63) is 57.0 Å². The predicted molar refractivity (Wildman–Crippen MR) is 115 cm³/mol. The standard InChI is InChI=1S/C20H20N6OS2/c1-2-11-25-19(27)17-14-9-6-10-15(14)29-18(17)21-20(25)28-12-16-22-23-24-26(16)13-7-4-3-5-8-13/h3-5,7-8H,2,6,9-12H2,1H3. The summed E-state index contributed by atoms with van der Waals surface area (Å²) in [7, 11) is 0. The molecule has 4 aromatic rings. The first kappa shape index (κ1) is 18.5. The van der Waals surface area contributed by atoms with Gasteiger partial charge in [-0.3, -0.25) is 9.36 Å². The second-order valence-electron chi connectivity index (χ2n) is 7.02. The van der Waals surface area contributed by atoms with E-state index in [0.29, 0.717) is 12.3 Å². The molecule has 3 heterocycles. The molecule has 0 saturated carbocycles. The summed E-state index contributed by atoms with van der Waals surface area (Å²) in [6.07, 6.45) is 4.09. The van der Waals surface area contributed by atoms with Crippen molar-refractivity contribution >= 4 is 33.3 Å². The van der Waals surface area contributed by atoms with Crippen molar-refractivity contribution < 1.29 is 0 Å². The Bertz CT molecular complexity index is 1230. The maximum atomic E-state index is 13.3. The van der Waals surface area contributed by atoms with Crippen LogP contribution in [0.25, 0.3) is 15.9 Å². The van der Waals surface area contributed by atoms with Crippen LogP contribution in [-0.2, 0) is 25.1 Å². The van der Waals surface area contributed by atoms with E-state index in [-0.39, 0.29) is 5.56 Å². The van der Waals surface area contributed by atoms with Gasteiger partial charge in [-0.25, -0.2) is 4.98 Å². The molecule has 0 unspecified atom stereocenters. The number of tetrazole rings is 1. The van der Waals surface area contributed by atoms with E-state index in [1.807, 2.05) is 34.9 Å². The Morgan fingerprint density at radius 1 is 1.21 bits per heavy atom. The molecule has 1 aliphatic carbocycles. The Morgan fingerprint density at radius 3 is 2.90 bits per heavy atom. The van der Waals surface area contributed by atoms with Crippen molar-refractivity contribution in [2.24, 2.45) is 0 Å². The molecule has 0 bridgehead atoms. The molecule has 3 aromatic heterocycles. The summed E-state index contributed by atoms with van der Waals surface area (Å²) in [6, 6.07) is 9.81. The number of thioether (sulfide) groups is 1. The number of hydrogen-bond donors (Lipinski definition) is 0. The molecule has 148 valence electrons.